The van der Waals surface area contributed by atoms with Crippen molar-refractivity contribution in [1.29, 1.82) is 0 Å². The maximum atomic E-state index is 11.7. The van der Waals surface area contributed by atoms with Crippen molar-refractivity contribution in [3.05, 3.63) is 12.1 Å². The van der Waals surface area contributed by atoms with Gasteiger partial charge < -0.3 is 16.4 Å². The van der Waals surface area contributed by atoms with Gasteiger partial charge in [-0.2, -0.15) is 0 Å². The molecule has 0 radical (unpaired) electrons. The number of anilines is 2. The van der Waals surface area contributed by atoms with Crippen LogP contribution in [0.25, 0.3) is 0 Å². The fourth-order valence-electron chi connectivity index (χ4n) is 1.16. The summed E-state index contributed by atoms with van der Waals surface area (Å²) in [5, 5.41) is 13.3. The summed E-state index contributed by atoms with van der Waals surface area (Å²) < 4.78 is 0. The molecule has 0 saturated carbocycles. The van der Waals surface area contributed by atoms with Crippen LogP contribution >= 0.6 is 0 Å². The van der Waals surface area contributed by atoms with Gasteiger partial charge in [-0.15, -0.1) is 10.2 Å². The van der Waals surface area contributed by atoms with Crippen LogP contribution in [-0.2, 0) is 4.79 Å². The molecule has 94 valence electrons. The molecule has 1 rings (SSSR count). The number of hydrogen-bond donors (Lipinski definition) is 3. The van der Waals surface area contributed by atoms with Crippen LogP contribution in [0.15, 0.2) is 12.1 Å². The molecule has 6 nitrogen and oxygen atoms in total. The summed E-state index contributed by atoms with van der Waals surface area (Å²) in [4.78, 5) is 11.7. The Morgan fingerprint density at radius 2 is 2.06 bits per heavy atom. The Bertz CT molecular complexity index is 363. The Morgan fingerprint density at radius 1 is 1.35 bits per heavy atom. The molecule has 0 fully saturated rings. The lowest BCUT2D eigenvalue weighted by molar-refractivity contribution is -0.121. The van der Waals surface area contributed by atoms with Crippen LogP contribution < -0.4 is 16.4 Å². The van der Waals surface area contributed by atoms with Crippen LogP contribution in [0.5, 0.6) is 0 Å². The molecular weight excluding hydrogens is 218 g/mol. The molecule has 0 spiro atoms. The maximum Gasteiger partial charge on any atom is 0.242 e. The quantitative estimate of drug-likeness (QED) is 0.698. The zero-order valence-electron chi connectivity index (χ0n) is 10.4. The molecule has 1 amide bonds. The topological polar surface area (TPSA) is 92.9 Å². The van der Waals surface area contributed by atoms with Crippen molar-refractivity contribution >= 4 is 17.5 Å². The van der Waals surface area contributed by atoms with Crippen LogP contribution in [0.3, 0.4) is 0 Å². The minimum absolute atomic E-state index is 0.0580. The van der Waals surface area contributed by atoms with Gasteiger partial charge in [-0.25, -0.2) is 0 Å². The van der Waals surface area contributed by atoms with Gasteiger partial charge in [0.1, 0.15) is 17.7 Å². The summed E-state index contributed by atoms with van der Waals surface area (Å²) >= 11 is 0. The fraction of sp³-hybridized carbons (Fsp3) is 0.545. The molecule has 1 atom stereocenters. The monoisotopic (exact) mass is 237 g/mol. The van der Waals surface area contributed by atoms with Crippen LogP contribution in [0.4, 0.5) is 11.6 Å². The third-order valence-electron chi connectivity index (χ3n) is 2.13. The van der Waals surface area contributed by atoms with E-state index in [0.29, 0.717) is 24.1 Å². The lowest BCUT2D eigenvalue weighted by Gasteiger charge is -2.15. The summed E-state index contributed by atoms with van der Waals surface area (Å²) in [6, 6.07) is 2.97. The second-order valence-corrected chi connectivity index (χ2v) is 4.35. The molecule has 0 bridgehead atoms. The molecule has 17 heavy (non-hydrogen) atoms. The average Bonchev–Trinajstić information content (AvgIpc) is 2.28. The minimum atomic E-state index is -0.355. The number of amides is 1. The molecule has 1 aromatic rings. The number of nitrogen functional groups attached to an aromatic ring is 1. The highest BCUT2D eigenvalue weighted by Gasteiger charge is 2.12. The number of carbonyl (C=O) groups excluding carboxylic acids is 1. The highest BCUT2D eigenvalue weighted by atomic mass is 16.2. The van der Waals surface area contributed by atoms with E-state index in [1.54, 1.807) is 19.1 Å². The molecule has 0 aliphatic rings. The first-order valence-electron chi connectivity index (χ1n) is 5.62. The van der Waals surface area contributed by atoms with E-state index in [-0.39, 0.29) is 11.9 Å². The van der Waals surface area contributed by atoms with Crippen LogP contribution in [-0.4, -0.2) is 28.7 Å². The van der Waals surface area contributed by atoms with Crippen LogP contribution in [0, 0.1) is 5.92 Å². The van der Waals surface area contributed by atoms with Crippen molar-refractivity contribution in [3.63, 3.8) is 0 Å². The minimum Gasteiger partial charge on any atom is -0.382 e. The molecule has 4 N–H and O–H groups in total. The van der Waals surface area contributed by atoms with E-state index in [4.69, 9.17) is 5.73 Å². The average molecular weight is 237 g/mol. The number of hydrogen-bond acceptors (Lipinski definition) is 5. The van der Waals surface area contributed by atoms with Gasteiger partial charge in [-0.3, -0.25) is 4.79 Å². The number of nitrogens with zero attached hydrogens (tertiary/aromatic N) is 2. The zero-order chi connectivity index (χ0) is 12.8. The Labute approximate surface area is 101 Å². The van der Waals surface area contributed by atoms with Gasteiger partial charge in [-0.1, -0.05) is 13.8 Å². The lowest BCUT2D eigenvalue weighted by atomic mass is 10.2. The number of carbonyl (C=O) groups is 1. The van der Waals surface area contributed by atoms with Gasteiger partial charge in [0.25, 0.3) is 0 Å². The summed E-state index contributed by atoms with van der Waals surface area (Å²) in [6.07, 6.45) is 0. The zero-order valence-corrected chi connectivity index (χ0v) is 10.4. The predicted octanol–water partition coefficient (Wildman–Crippen LogP) is 0.631. The van der Waals surface area contributed by atoms with Gasteiger partial charge in [0.15, 0.2) is 0 Å². The Balaban J connectivity index is 2.45. The Morgan fingerprint density at radius 3 is 2.59 bits per heavy atom. The standard InChI is InChI=1S/C11H19N5O/c1-7(2)6-13-11(17)8(3)14-10-5-4-9(12)15-16-10/h4-5,7-8H,6H2,1-3H3,(H2,12,15)(H,13,17)(H,14,16). The molecule has 0 aliphatic carbocycles. The molecule has 0 aromatic carbocycles. The number of aromatic nitrogens is 2. The second kappa shape index (κ2) is 6.03. The normalized spacial score (nSPS) is 12.2. The summed E-state index contributed by atoms with van der Waals surface area (Å²) in [5.74, 6) is 1.26. The molecule has 6 heteroatoms. The largest absolute Gasteiger partial charge is 0.382 e. The molecule has 1 aromatic heterocycles. The molecular formula is C11H19N5O. The van der Waals surface area contributed by atoms with Gasteiger partial charge in [-0.05, 0) is 25.0 Å². The fourth-order valence-corrected chi connectivity index (χ4v) is 1.16. The van der Waals surface area contributed by atoms with Crippen molar-refractivity contribution < 1.29 is 4.79 Å². The molecule has 1 unspecified atom stereocenters. The smallest absolute Gasteiger partial charge is 0.242 e. The van der Waals surface area contributed by atoms with Crippen LogP contribution in [0.1, 0.15) is 20.8 Å². The van der Waals surface area contributed by atoms with Crippen molar-refractivity contribution in [2.75, 3.05) is 17.6 Å². The number of nitrogens with two attached hydrogens (primary N) is 1. The van der Waals surface area contributed by atoms with E-state index < -0.39 is 0 Å². The van der Waals surface area contributed by atoms with E-state index in [2.05, 4.69) is 20.8 Å². The van der Waals surface area contributed by atoms with Crippen molar-refractivity contribution in [3.8, 4) is 0 Å². The van der Waals surface area contributed by atoms with E-state index in [9.17, 15) is 4.79 Å². The third kappa shape index (κ3) is 4.67. The first kappa shape index (κ1) is 13.2. The van der Waals surface area contributed by atoms with Crippen molar-refractivity contribution in [2.24, 2.45) is 5.92 Å². The lowest BCUT2D eigenvalue weighted by Crippen LogP contribution is -2.39. The summed E-state index contributed by atoms with van der Waals surface area (Å²) in [5.41, 5.74) is 5.42. The Hall–Kier alpha value is -1.85. The van der Waals surface area contributed by atoms with Gasteiger partial charge in [0, 0.05) is 6.54 Å². The van der Waals surface area contributed by atoms with E-state index in [1.807, 2.05) is 13.8 Å². The molecule has 1 heterocycles. The number of nitrogens with one attached hydrogen (secondary N) is 2. The molecule has 0 saturated heterocycles. The highest BCUT2D eigenvalue weighted by Crippen LogP contribution is 2.04. The predicted molar refractivity (Wildman–Crippen MR) is 67.4 cm³/mol. The van der Waals surface area contributed by atoms with Gasteiger partial charge in [0.2, 0.25) is 5.91 Å². The van der Waals surface area contributed by atoms with Gasteiger partial charge >= 0.3 is 0 Å². The second-order valence-electron chi connectivity index (χ2n) is 4.35. The SMILES string of the molecule is CC(C)CNC(=O)C(C)Nc1ccc(N)nn1. The first-order valence-corrected chi connectivity index (χ1v) is 5.62. The highest BCUT2D eigenvalue weighted by molar-refractivity contribution is 5.83. The van der Waals surface area contributed by atoms with E-state index >= 15 is 0 Å². The maximum absolute atomic E-state index is 11.7. The first-order chi connectivity index (χ1) is 7.99. The van der Waals surface area contributed by atoms with Crippen molar-refractivity contribution in [1.82, 2.24) is 15.5 Å². The van der Waals surface area contributed by atoms with Gasteiger partial charge in [0.05, 0.1) is 0 Å². The number of rotatable bonds is 5. The van der Waals surface area contributed by atoms with Crippen LogP contribution in [0.2, 0.25) is 0 Å². The van der Waals surface area contributed by atoms with E-state index in [1.165, 1.54) is 0 Å². The third-order valence-corrected chi connectivity index (χ3v) is 2.13. The van der Waals surface area contributed by atoms with E-state index in [0.717, 1.165) is 0 Å². The van der Waals surface area contributed by atoms with Crippen molar-refractivity contribution in [2.45, 2.75) is 26.8 Å². The molecule has 0 aliphatic heterocycles. The summed E-state index contributed by atoms with van der Waals surface area (Å²) in [6.45, 7) is 6.53. The summed E-state index contributed by atoms with van der Waals surface area (Å²) in [7, 11) is 0. The Kier molecular flexibility index (Phi) is 4.68.